The first-order valence-electron chi connectivity index (χ1n) is 11.4. The van der Waals surface area contributed by atoms with Gasteiger partial charge in [-0.2, -0.15) is 4.31 Å². The summed E-state index contributed by atoms with van der Waals surface area (Å²) < 4.78 is 34.6. The molecule has 0 aromatic heterocycles. The molecule has 1 aromatic rings. The van der Waals surface area contributed by atoms with E-state index in [1.165, 1.54) is 10.4 Å². The Labute approximate surface area is 191 Å². The first kappa shape index (κ1) is 24.6. The number of aliphatic hydroxyl groups is 1. The summed E-state index contributed by atoms with van der Waals surface area (Å²) in [4.78, 5) is 14.3. The second kappa shape index (κ2) is 10.2. The van der Waals surface area contributed by atoms with Crippen molar-refractivity contribution < 1.29 is 23.1 Å². The molecule has 7 nitrogen and oxygen atoms in total. The van der Waals surface area contributed by atoms with Gasteiger partial charge in [0.2, 0.25) is 15.9 Å². The fourth-order valence-electron chi connectivity index (χ4n) is 3.81. The Morgan fingerprint density at radius 3 is 2.72 bits per heavy atom. The normalized spacial score (nSPS) is 23.5. The van der Waals surface area contributed by atoms with Crippen LogP contribution in [0.1, 0.15) is 52.0 Å². The summed E-state index contributed by atoms with van der Waals surface area (Å²) in [5.41, 5.74) is 0.684. The van der Waals surface area contributed by atoms with Gasteiger partial charge in [0.05, 0.1) is 13.2 Å². The zero-order valence-electron chi connectivity index (χ0n) is 19.4. The molecule has 8 heteroatoms. The summed E-state index contributed by atoms with van der Waals surface area (Å²) in [6.07, 6.45) is 3.15. The summed E-state index contributed by atoms with van der Waals surface area (Å²) >= 11 is 0. The zero-order valence-corrected chi connectivity index (χ0v) is 20.2. The average molecular weight is 463 g/mol. The molecule has 1 aliphatic carbocycles. The van der Waals surface area contributed by atoms with Gasteiger partial charge in [0.1, 0.15) is 16.7 Å². The first-order valence-corrected chi connectivity index (χ1v) is 12.8. The van der Waals surface area contributed by atoms with Gasteiger partial charge in [-0.3, -0.25) is 4.79 Å². The van der Waals surface area contributed by atoms with Crippen LogP contribution < -0.4 is 4.74 Å². The number of hydrogen-bond donors (Lipinski definition) is 1. The van der Waals surface area contributed by atoms with Crippen molar-refractivity contribution >= 4 is 15.9 Å². The van der Waals surface area contributed by atoms with Crippen LogP contribution in [0.4, 0.5) is 0 Å². The maximum absolute atomic E-state index is 13.5. The second-order valence-corrected chi connectivity index (χ2v) is 10.8. The molecule has 3 atom stereocenters. The Morgan fingerprint density at radius 1 is 1.38 bits per heavy atom. The van der Waals surface area contributed by atoms with Gasteiger partial charge >= 0.3 is 0 Å². The van der Waals surface area contributed by atoms with E-state index >= 15 is 0 Å². The van der Waals surface area contributed by atoms with Gasteiger partial charge in [0, 0.05) is 43.5 Å². The number of fused-ring (bicyclic) bond motifs is 1. The lowest BCUT2D eigenvalue weighted by Crippen LogP contribution is -2.50. The summed E-state index contributed by atoms with van der Waals surface area (Å²) in [5, 5.41) is 9.72. The van der Waals surface area contributed by atoms with Crippen molar-refractivity contribution in [3.05, 3.63) is 23.8 Å². The first-order chi connectivity index (χ1) is 15.2. The Kier molecular flexibility index (Phi) is 7.86. The average Bonchev–Trinajstić information content (AvgIpc) is 3.60. The number of hydrogen-bond acceptors (Lipinski definition) is 5. The minimum Gasteiger partial charge on any atom is -0.487 e. The summed E-state index contributed by atoms with van der Waals surface area (Å²) in [7, 11) is -2.11. The van der Waals surface area contributed by atoms with Crippen molar-refractivity contribution in [1.82, 2.24) is 9.21 Å². The third-order valence-electron chi connectivity index (χ3n) is 6.03. The highest BCUT2D eigenvalue weighted by Crippen LogP contribution is 2.35. The molecule has 176 valence electrons. The van der Waals surface area contributed by atoms with Crippen LogP contribution in [0, 0.1) is 23.7 Å². The minimum absolute atomic E-state index is 0.0620. The minimum atomic E-state index is -3.88. The van der Waals surface area contributed by atoms with Gasteiger partial charge < -0.3 is 14.7 Å². The van der Waals surface area contributed by atoms with E-state index in [9.17, 15) is 18.3 Å². The quantitative estimate of drug-likeness (QED) is 0.657. The highest BCUT2D eigenvalue weighted by atomic mass is 32.2. The van der Waals surface area contributed by atoms with Crippen LogP contribution in [-0.2, 0) is 14.8 Å². The van der Waals surface area contributed by atoms with Crippen LogP contribution in [-0.4, -0.2) is 67.5 Å². The highest BCUT2D eigenvalue weighted by Gasteiger charge is 2.39. The predicted octanol–water partition coefficient (Wildman–Crippen LogP) is 2.48. The number of carbonyl (C=O) groups is 1. The van der Waals surface area contributed by atoms with E-state index in [4.69, 9.17) is 4.74 Å². The molecular weight excluding hydrogens is 428 g/mol. The molecule has 0 radical (unpaired) electrons. The molecule has 0 saturated heterocycles. The number of benzene rings is 1. The fraction of sp³-hybridized carbons (Fsp3) is 0.625. The number of aliphatic hydroxyl groups excluding tert-OH is 1. The molecule has 0 unspecified atom stereocenters. The van der Waals surface area contributed by atoms with Gasteiger partial charge in [-0.25, -0.2) is 8.42 Å². The molecule has 32 heavy (non-hydrogen) atoms. The number of sulfonamides is 1. The zero-order chi connectivity index (χ0) is 23.5. The van der Waals surface area contributed by atoms with E-state index in [2.05, 4.69) is 11.8 Å². The van der Waals surface area contributed by atoms with Crippen LogP contribution in [0.25, 0.3) is 0 Å². The summed E-state index contributed by atoms with van der Waals surface area (Å²) in [6.45, 7) is 5.93. The number of unbranched alkanes of at least 4 members (excludes halogenated alkanes) is 1. The van der Waals surface area contributed by atoms with Crippen molar-refractivity contribution in [3.63, 3.8) is 0 Å². The van der Waals surface area contributed by atoms with E-state index in [-0.39, 0.29) is 41.5 Å². The van der Waals surface area contributed by atoms with Crippen LogP contribution in [0.5, 0.6) is 5.75 Å². The van der Waals surface area contributed by atoms with Crippen LogP contribution in [0.15, 0.2) is 23.1 Å². The maximum atomic E-state index is 13.5. The number of amides is 1. The molecule has 3 rings (SSSR count). The number of likely N-dealkylation sites (N-methyl/N-ethyl adjacent to an activating group) is 1. The summed E-state index contributed by atoms with van der Waals surface area (Å²) in [6, 6.07) is 4.31. The maximum Gasteiger partial charge on any atom is 0.247 e. The number of carbonyl (C=O) groups excluding carboxylic acids is 1. The topological polar surface area (TPSA) is 87.2 Å². The molecule has 2 aliphatic rings. The van der Waals surface area contributed by atoms with Crippen molar-refractivity contribution in [2.75, 3.05) is 26.7 Å². The lowest BCUT2D eigenvalue weighted by Gasteiger charge is -2.37. The Bertz CT molecular complexity index is 993. The second-order valence-electron chi connectivity index (χ2n) is 8.95. The predicted molar refractivity (Wildman–Crippen MR) is 123 cm³/mol. The molecule has 1 saturated carbocycles. The van der Waals surface area contributed by atoms with Gasteiger partial charge in [-0.05, 0) is 44.4 Å². The standard InChI is InChI=1S/C24H34N2O5S/c1-5-6-7-8-19-9-12-23-21(13-19)31-22(15-25(4)24(28)20-10-11-20)17(2)14-26(18(3)16-27)32(23,29)30/h9,12-13,17-18,20,22,27H,5-6,10-11,14-16H2,1-4H3/t17-,18-,22+/m0/s1. The third kappa shape index (κ3) is 5.45. The number of nitrogens with zero attached hydrogens (tertiary/aromatic N) is 2. The molecule has 0 spiro atoms. The molecule has 1 amide bonds. The van der Waals surface area contributed by atoms with E-state index in [1.54, 1.807) is 31.0 Å². The van der Waals surface area contributed by atoms with E-state index in [0.29, 0.717) is 12.1 Å². The van der Waals surface area contributed by atoms with Gasteiger partial charge in [-0.1, -0.05) is 25.7 Å². The van der Waals surface area contributed by atoms with E-state index in [1.807, 2.05) is 13.8 Å². The van der Waals surface area contributed by atoms with Gasteiger partial charge in [0.25, 0.3) is 0 Å². The number of ether oxygens (including phenoxy) is 1. The third-order valence-corrected chi connectivity index (χ3v) is 8.05. The molecule has 1 aliphatic heterocycles. The summed E-state index contributed by atoms with van der Waals surface area (Å²) in [5.74, 6) is 6.40. The monoisotopic (exact) mass is 462 g/mol. The molecule has 0 bridgehead atoms. The fourth-order valence-corrected chi connectivity index (χ4v) is 5.64. The smallest absolute Gasteiger partial charge is 0.247 e. The number of rotatable bonds is 6. The molecule has 1 aromatic carbocycles. The molecule has 1 fully saturated rings. The lowest BCUT2D eigenvalue weighted by molar-refractivity contribution is -0.132. The van der Waals surface area contributed by atoms with E-state index < -0.39 is 22.2 Å². The van der Waals surface area contributed by atoms with Crippen molar-refractivity contribution in [2.45, 2.75) is 63.5 Å². The SMILES string of the molecule is CCCC#Cc1ccc2c(c1)O[C@H](CN(C)C(=O)C1CC1)[C@@H](C)CN([C@@H](C)CO)S2(=O)=O. The van der Waals surface area contributed by atoms with Crippen molar-refractivity contribution in [3.8, 4) is 17.6 Å². The largest absolute Gasteiger partial charge is 0.487 e. The van der Waals surface area contributed by atoms with Crippen molar-refractivity contribution in [2.24, 2.45) is 11.8 Å². The Balaban J connectivity index is 2.01. The molecule has 1 N–H and O–H groups in total. The van der Waals surface area contributed by atoms with Crippen molar-refractivity contribution in [1.29, 1.82) is 0 Å². The Hall–Kier alpha value is -2.08. The van der Waals surface area contributed by atoms with E-state index in [0.717, 1.165) is 25.7 Å². The molecular formula is C24H34N2O5S. The lowest BCUT2D eigenvalue weighted by atomic mass is 10.0. The van der Waals surface area contributed by atoms with Crippen LogP contribution in [0.2, 0.25) is 0 Å². The van der Waals surface area contributed by atoms with Gasteiger partial charge in [-0.15, -0.1) is 0 Å². The van der Waals surface area contributed by atoms with Gasteiger partial charge in [0.15, 0.2) is 0 Å². The van der Waals surface area contributed by atoms with Crippen LogP contribution in [0.3, 0.4) is 0 Å². The molecule has 1 heterocycles. The highest BCUT2D eigenvalue weighted by molar-refractivity contribution is 7.89. The Morgan fingerprint density at radius 2 is 2.09 bits per heavy atom. The van der Waals surface area contributed by atoms with Crippen LogP contribution >= 0.6 is 0 Å².